The van der Waals surface area contributed by atoms with Crippen molar-refractivity contribution in [3.05, 3.63) is 41.3 Å². The van der Waals surface area contributed by atoms with Gasteiger partial charge in [-0.2, -0.15) is 0 Å². The molecule has 90 valence electrons. The SMILES string of the molecule is CC(=O)O[C@H]1CCCC=C1Sc1ccccc1. The molecule has 0 aliphatic heterocycles. The van der Waals surface area contributed by atoms with Gasteiger partial charge in [-0.1, -0.05) is 36.0 Å². The van der Waals surface area contributed by atoms with Crippen molar-refractivity contribution >= 4 is 17.7 Å². The summed E-state index contributed by atoms with van der Waals surface area (Å²) in [5.41, 5.74) is 0. The van der Waals surface area contributed by atoms with Crippen LogP contribution in [-0.2, 0) is 9.53 Å². The Morgan fingerprint density at radius 2 is 2.12 bits per heavy atom. The molecule has 17 heavy (non-hydrogen) atoms. The van der Waals surface area contributed by atoms with Crippen LogP contribution in [0.4, 0.5) is 0 Å². The van der Waals surface area contributed by atoms with E-state index < -0.39 is 0 Å². The molecule has 1 aromatic carbocycles. The maximum Gasteiger partial charge on any atom is 0.303 e. The van der Waals surface area contributed by atoms with E-state index in [4.69, 9.17) is 4.74 Å². The van der Waals surface area contributed by atoms with Crippen molar-refractivity contribution in [2.75, 3.05) is 0 Å². The second kappa shape index (κ2) is 5.92. The standard InChI is InChI=1S/C14H16O2S/c1-11(15)16-13-9-5-6-10-14(13)17-12-7-3-2-4-8-12/h2-4,7-8,10,13H,5-6,9H2,1H3/t13-/m0/s1. The topological polar surface area (TPSA) is 26.3 Å². The molecular weight excluding hydrogens is 232 g/mol. The summed E-state index contributed by atoms with van der Waals surface area (Å²) in [6.07, 6.45) is 5.25. The van der Waals surface area contributed by atoms with Crippen LogP contribution in [0.3, 0.4) is 0 Å². The number of carbonyl (C=O) groups is 1. The molecule has 0 saturated carbocycles. The van der Waals surface area contributed by atoms with Gasteiger partial charge in [-0.05, 0) is 31.4 Å². The first-order valence-electron chi connectivity index (χ1n) is 5.86. The zero-order chi connectivity index (χ0) is 12.1. The summed E-state index contributed by atoms with van der Waals surface area (Å²) >= 11 is 1.70. The van der Waals surface area contributed by atoms with Crippen LogP contribution in [0.2, 0.25) is 0 Å². The maximum absolute atomic E-state index is 11.1. The molecule has 0 saturated heterocycles. The predicted molar refractivity (Wildman–Crippen MR) is 69.8 cm³/mol. The van der Waals surface area contributed by atoms with Gasteiger partial charge >= 0.3 is 5.97 Å². The van der Waals surface area contributed by atoms with E-state index >= 15 is 0 Å². The second-order valence-corrected chi connectivity index (χ2v) is 5.20. The summed E-state index contributed by atoms with van der Waals surface area (Å²) in [6.45, 7) is 1.47. The van der Waals surface area contributed by atoms with Crippen molar-refractivity contribution in [1.29, 1.82) is 0 Å². The van der Waals surface area contributed by atoms with Crippen LogP contribution in [0, 0.1) is 0 Å². The Labute approximate surface area is 106 Å². The van der Waals surface area contributed by atoms with E-state index in [9.17, 15) is 4.79 Å². The fraction of sp³-hybridized carbons (Fsp3) is 0.357. The Bertz CT molecular complexity index is 411. The number of hydrogen-bond acceptors (Lipinski definition) is 3. The predicted octanol–water partition coefficient (Wildman–Crippen LogP) is 3.78. The van der Waals surface area contributed by atoms with Crippen LogP contribution >= 0.6 is 11.8 Å². The largest absolute Gasteiger partial charge is 0.457 e. The van der Waals surface area contributed by atoms with Gasteiger partial charge in [0.25, 0.3) is 0 Å². The number of hydrogen-bond donors (Lipinski definition) is 0. The van der Waals surface area contributed by atoms with E-state index in [1.165, 1.54) is 11.8 Å². The molecule has 0 unspecified atom stereocenters. The number of rotatable bonds is 3. The lowest BCUT2D eigenvalue weighted by molar-refractivity contribution is -0.144. The van der Waals surface area contributed by atoms with E-state index in [1.54, 1.807) is 11.8 Å². The second-order valence-electron chi connectivity index (χ2n) is 4.05. The molecule has 1 aromatic rings. The average Bonchev–Trinajstić information content (AvgIpc) is 2.32. The Morgan fingerprint density at radius 1 is 1.35 bits per heavy atom. The molecular formula is C14H16O2S. The van der Waals surface area contributed by atoms with E-state index in [-0.39, 0.29) is 12.1 Å². The first-order chi connectivity index (χ1) is 8.25. The number of carbonyl (C=O) groups excluding carboxylic acids is 1. The van der Waals surface area contributed by atoms with Crippen molar-refractivity contribution in [1.82, 2.24) is 0 Å². The molecule has 1 atom stereocenters. The van der Waals surface area contributed by atoms with Gasteiger partial charge in [0.05, 0.1) is 0 Å². The minimum Gasteiger partial charge on any atom is -0.457 e. The van der Waals surface area contributed by atoms with Gasteiger partial charge in [0.2, 0.25) is 0 Å². The molecule has 2 rings (SSSR count). The van der Waals surface area contributed by atoms with Gasteiger partial charge in [0.15, 0.2) is 0 Å². The van der Waals surface area contributed by atoms with Crippen molar-refractivity contribution < 1.29 is 9.53 Å². The van der Waals surface area contributed by atoms with Crippen LogP contribution in [0.25, 0.3) is 0 Å². The first-order valence-corrected chi connectivity index (χ1v) is 6.67. The molecule has 0 amide bonds. The zero-order valence-corrected chi connectivity index (χ0v) is 10.7. The Kier molecular flexibility index (Phi) is 4.26. The summed E-state index contributed by atoms with van der Waals surface area (Å²) in [5.74, 6) is -0.198. The summed E-state index contributed by atoms with van der Waals surface area (Å²) < 4.78 is 5.35. The Balaban J connectivity index is 2.07. The highest BCUT2D eigenvalue weighted by molar-refractivity contribution is 8.03. The monoisotopic (exact) mass is 248 g/mol. The third-order valence-electron chi connectivity index (χ3n) is 2.62. The van der Waals surface area contributed by atoms with Gasteiger partial charge in [0.1, 0.15) is 6.10 Å². The van der Waals surface area contributed by atoms with Crippen molar-refractivity contribution in [3.63, 3.8) is 0 Å². The fourth-order valence-electron chi connectivity index (χ4n) is 1.87. The van der Waals surface area contributed by atoms with E-state index in [0.29, 0.717) is 0 Å². The van der Waals surface area contributed by atoms with Gasteiger partial charge in [-0.15, -0.1) is 0 Å². The first kappa shape index (κ1) is 12.2. The zero-order valence-electron chi connectivity index (χ0n) is 9.89. The lowest BCUT2D eigenvalue weighted by Crippen LogP contribution is -2.19. The van der Waals surface area contributed by atoms with Crippen molar-refractivity contribution in [3.8, 4) is 0 Å². The summed E-state index contributed by atoms with van der Waals surface area (Å²) in [5, 5.41) is 0. The molecule has 1 aliphatic rings. The van der Waals surface area contributed by atoms with E-state index in [0.717, 1.165) is 24.2 Å². The third kappa shape index (κ3) is 3.63. The molecule has 2 nitrogen and oxygen atoms in total. The van der Waals surface area contributed by atoms with E-state index in [1.807, 2.05) is 18.2 Å². The van der Waals surface area contributed by atoms with Crippen LogP contribution in [-0.4, -0.2) is 12.1 Å². The lowest BCUT2D eigenvalue weighted by atomic mass is 10.1. The molecule has 3 heteroatoms. The number of benzene rings is 1. The molecule has 0 aromatic heterocycles. The molecule has 0 bridgehead atoms. The maximum atomic E-state index is 11.1. The smallest absolute Gasteiger partial charge is 0.303 e. The molecule has 1 aliphatic carbocycles. The lowest BCUT2D eigenvalue weighted by Gasteiger charge is -2.23. The quantitative estimate of drug-likeness (QED) is 0.761. The minimum atomic E-state index is -0.198. The molecule has 0 radical (unpaired) electrons. The minimum absolute atomic E-state index is 0.0496. The summed E-state index contributed by atoms with van der Waals surface area (Å²) in [4.78, 5) is 13.4. The summed E-state index contributed by atoms with van der Waals surface area (Å²) in [6, 6.07) is 10.2. The fourth-order valence-corrected chi connectivity index (χ4v) is 2.93. The normalized spacial score (nSPS) is 19.6. The van der Waals surface area contributed by atoms with Gasteiger partial charge in [-0.25, -0.2) is 0 Å². The molecule has 0 spiro atoms. The molecule has 0 fully saturated rings. The third-order valence-corrected chi connectivity index (χ3v) is 3.79. The highest BCUT2D eigenvalue weighted by atomic mass is 32.2. The molecule has 0 N–H and O–H groups in total. The van der Waals surface area contributed by atoms with Crippen LogP contribution in [0.15, 0.2) is 46.2 Å². The highest BCUT2D eigenvalue weighted by Gasteiger charge is 2.21. The van der Waals surface area contributed by atoms with Crippen molar-refractivity contribution in [2.45, 2.75) is 37.2 Å². The number of ether oxygens (including phenoxy) is 1. The summed E-state index contributed by atoms with van der Waals surface area (Å²) in [7, 11) is 0. The molecule has 0 heterocycles. The average molecular weight is 248 g/mol. The van der Waals surface area contributed by atoms with Crippen LogP contribution in [0.1, 0.15) is 26.2 Å². The van der Waals surface area contributed by atoms with Crippen molar-refractivity contribution in [2.24, 2.45) is 0 Å². The Hall–Kier alpha value is -1.22. The number of allylic oxidation sites excluding steroid dienone is 1. The van der Waals surface area contributed by atoms with Gasteiger partial charge in [0, 0.05) is 16.7 Å². The Morgan fingerprint density at radius 3 is 2.82 bits per heavy atom. The van der Waals surface area contributed by atoms with E-state index in [2.05, 4.69) is 18.2 Å². The van der Waals surface area contributed by atoms with Gasteiger partial charge < -0.3 is 4.74 Å². The highest BCUT2D eigenvalue weighted by Crippen LogP contribution is 2.35. The van der Waals surface area contributed by atoms with Crippen LogP contribution < -0.4 is 0 Å². The van der Waals surface area contributed by atoms with Crippen LogP contribution in [0.5, 0.6) is 0 Å². The number of esters is 1. The number of thioether (sulfide) groups is 1. The van der Waals surface area contributed by atoms with Gasteiger partial charge in [-0.3, -0.25) is 4.79 Å².